The Kier molecular flexibility index (Phi) is 6.65. The monoisotopic (exact) mass is 571 g/mol. The number of phenolic OH excluding ortho intramolecular Hbond substituents is 1. The topological polar surface area (TPSA) is 94.6 Å². The maximum atomic E-state index is 13.8. The van der Waals surface area contributed by atoms with Crippen molar-refractivity contribution in [3.8, 4) is 28.8 Å². The number of alkyl halides is 2. The van der Waals surface area contributed by atoms with E-state index < -0.39 is 11.3 Å². The number of anilines is 3. The molecule has 2 bridgehead atoms. The average Bonchev–Trinajstić information content (AvgIpc) is 3.51. The lowest BCUT2D eigenvalue weighted by atomic mass is 9.97. The summed E-state index contributed by atoms with van der Waals surface area (Å²) in [7, 11) is 0. The number of rotatable bonds is 4. The first kappa shape index (κ1) is 26.9. The number of nitrogen functional groups attached to an aromatic ring is 1. The van der Waals surface area contributed by atoms with Crippen molar-refractivity contribution in [1.82, 2.24) is 20.1 Å². The summed E-state index contributed by atoms with van der Waals surface area (Å²) in [6, 6.07) is 13.7. The van der Waals surface area contributed by atoms with E-state index in [4.69, 9.17) is 5.73 Å². The van der Waals surface area contributed by atoms with E-state index in [0.29, 0.717) is 55.1 Å². The summed E-state index contributed by atoms with van der Waals surface area (Å²) < 4.78 is 27.7. The third-order valence-corrected chi connectivity index (χ3v) is 9.61. The van der Waals surface area contributed by atoms with Gasteiger partial charge in [0, 0.05) is 54.5 Å². The van der Waals surface area contributed by atoms with E-state index in [2.05, 4.69) is 53.9 Å². The molecule has 3 saturated heterocycles. The summed E-state index contributed by atoms with van der Waals surface area (Å²) >= 11 is 0. The van der Waals surface area contributed by atoms with Crippen LogP contribution in [0.1, 0.15) is 44.2 Å². The second-order valence-electron chi connectivity index (χ2n) is 12.2. The van der Waals surface area contributed by atoms with Crippen LogP contribution < -0.4 is 15.5 Å². The van der Waals surface area contributed by atoms with Gasteiger partial charge in [-0.2, -0.15) is 0 Å². The number of fused-ring (bicyclic) bond motifs is 2. The summed E-state index contributed by atoms with van der Waals surface area (Å²) in [4.78, 5) is 11.5. The Hall–Kier alpha value is -3.97. The molecule has 3 atom stereocenters. The molecule has 3 aliphatic heterocycles. The zero-order valence-electron chi connectivity index (χ0n) is 23.5. The highest BCUT2D eigenvalue weighted by Crippen LogP contribution is 2.65. The fourth-order valence-corrected chi connectivity index (χ4v) is 7.21. The van der Waals surface area contributed by atoms with Gasteiger partial charge in [-0.3, -0.25) is 4.90 Å². The highest BCUT2D eigenvalue weighted by molar-refractivity contribution is 5.74. The molecular weight excluding hydrogens is 536 g/mol. The number of benzene rings is 1. The molecule has 1 aromatic carbocycles. The van der Waals surface area contributed by atoms with Crippen LogP contribution in [0.4, 0.5) is 26.0 Å². The highest BCUT2D eigenvalue weighted by Gasteiger charge is 2.69. The lowest BCUT2D eigenvalue weighted by molar-refractivity contribution is 0.0577. The number of nitrogens with two attached hydrogens (primary N) is 1. The standard InChI is InChI=1S/C32H35F2N7O/c33-32(34)21-31(32)11-4-15-39(16-12-31)14-3-5-22-17-23(10-13-36-22)41-24-8-9-25(41)20-40(19-24)28-18-27(37-38-30(28)35)26-6-1-2-7-29(26)42/h1-2,6-7,10,13,17-18,24-25,42H,4,8-9,11-12,14-16,19-21H2,(H2,35,38). The van der Waals surface area contributed by atoms with Crippen molar-refractivity contribution in [1.29, 1.82) is 0 Å². The number of hydrogen-bond acceptors (Lipinski definition) is 8. The van der Waals surface area contributed by atoms with Gasteiger partial charge in [-0.1, -0.05) is 18.1 Å². The molecule has 1 aliphatic carbocycles. The average molecular weight is 572 g/mol. The predicted molar refractivity (Wildman–Crippen MR) is 158 cm³/mol. The molecule has 218 valence electrons. The largest absolute Gasteiger partial charge is 0.507 e. The van der Waals surface area contributed by atoms with Gasteiger partial charge in [-0.25, -0.2) is 13.8 Å². The summed E-state index contributed by atoms with van der Waals surface area (Å²) in [6.07, 6.45) is 6.00. The number of aromatic hydroxyl groups is 1. The van der Waals surface area contributed by atoms with E-state index >= 15 is 0 Å². The molecule has 3 aromatic rings. The van der Waals surface area contributed by atoms with Crippen molar-refractivity contribution in [2.45, 2.75) is 56.5 Å². The minimum absolute atomic E-state index is 0.0542. The highest BCUT2D eigenvalue weighted by atomic mass is 19.3. The van der Waals surface area contributed by atoms with E-state index in [0.717, 1.165) is 56.0 Å². The van der Waals surface area contributed by atoms with Crippen molar-refractivity contribution in [2.24, 2.45) is 5.41 Å². The van der Waals surface area contributed by atoms with Crippen LogP contribution in [0.3, 0.4) is 0 Å². The Labute approximate surface area is 244 Å². The Morgan fingerprint density at radius 1 is 1.02 bits per heavy atom. The summed E-state index contributed by atoms with van der Waals surface area (Å²) in [5, 5.41) is 18.8. The van der Waals surface area contributed by atoms with E-state index in [1.54, 1.807) is 12.1 Å². The number of piperazine rings is 1. The van der Waals surface area contributed by atoms with E-state index in [-0.39, 0.29) is 12.2 Å². The number of pyridine rings is 1. The van der Waals surface area contributed by atoms with Crippen LogP contribution in [0, 0.1) is 17.3 Å². The molecule has 7 rings (SSSR count). The maximum Gasteiger partial charge on any atom is 0.254 e. The molecule has 0 amide bonds. The number of likely N-dealkylation sites (tertiary alicyclic amines) is 1. The number of phenols is 1. The first-order valence-corrected chi connectivity index (χ1v) is 14.8. The predicted octanol–water partition coefficient (Wildman–Crippen LogP) is 4.55. The van der Waals surface area contributed by atoms with Gasteiger partial charge in [0.05, 0.1) is 17.9 Å². The molecule has 5 heterocycles. The number of aromatic nitrogens is 3. The molecule has 8 nitrogen and oxygen atoms in total. The van der Waals surface area contributed by atoms with E-state index in [1.807, 2.05) is 24.4 Å². The minimum Gasteiger partial charge on any atom is -0.507 e. The van der Waals surface area contributed by atoms with Gasteiger partial charge in [0.15, 0.2) is 5.82 Å². The third kappa shape index (κ3) is 4.90. The first-order chi connectivity index (χ1) is 20.3. The Bertz CT molecular complexity index is 1540. The number of halogens is 2. The zero-order valence-corrected chi connectivity index (χ0v) is 23.5. The molecule has 42 heavy (non-hydrogen) atoms. The van der Waals surface area contributed by atoms with Crippen LogP contribution in [-0.2, 0) is 0 Å². The van der Waals surface area contributed by atoms with Crippen LogP contribution in [0.15, 0.2) is 48.7 Å². The Balaban J connectivity index is 1.03. The lowest BCUT2D eigenvalue weighted by Crippen LogP contribution is -2.54. The fraction of sp³-hybridized carbons (Fsp3) is 0.469. The molecule has 3 unspecified atom stereocenters. The van der Waals surface area contributed by atoms with Crippen molar-refractivity contribution in [3.05, 3.63) is 54.4 Å². The molecule has 10 heteroatoms. The lowest BCUT2D eigenvalue weighted by Gasteiger charge is -2.43. The van der Waals surface area contributed by atoms with Crippen molar-refractivity contribution in [3.63, 3.8) is 0 Å². The van der Waals surface area contributed by atoms with Crippen LogP contribution >= 0.6 is 0 Å². The third-order valence-electron chi connectivity index (χ3n) is 9.61. The fourth-order valence-electron chi connectivity index (χ4n) is 7.21. The normalized spacial score (nSPS) is 26.5. The quantitative estimate of drug-likeness (QED) is 0.441. The first-order valence-electron chi connectivity index (χ1n) is 14.8. The van der Waals surface area contributed by atoms with E-state index in [1.165, 1.54) is 0 Å². The van der Waals surface area contributed by atoms with Crippen molar-refractivity contribution in [2.75, 3.05) is 48.3 Å². The van der Waals surface area contributed by atoms with Crippen LogP contribution in [0.2, 0.25) is 0 Å². The smallest absolute Gasteiger partial charge is 0.254 e. The van der Waals surface area contributed by atoms with Gasteiger partial charge in [0.25, 0.3) is 5.92 Å². The van der Waals surface area contributed by atoms with E-state index in [9.17, 15) is 13.9 Å². The maximum absolute atomic E-state index is 13.8. The second-order valence-corrected chi connectivity index (χ2v) is 12.2. The van der Waals surface area contributed by atoms with Crippen molar-refractivity contribution < 1.29 is 13.9 Å². The van der Waals surface area contributed by atoms with Gasteiger partial charge in [0.1, 0.15) is 11.4 Å². The van der Waals surface area contributed by atoms with Crippen LogP contribution in [-0.4, -0.2) is 75.9 Å². The van der Waals surface area contributed by atoms with Crippen LogP contribution in [0.25, 0.3) is 11.3 Å². The molecule has 4 fully saturated rings. The molecule has 4 aliphatic rings. The molecule has 2 aromatic heterocycles. The molecular formula is C32H35F2N7O. The minimum atomic E-state index is -2.47. The summed E-state index contributed by atoms with van der Waals surface area (Å²) in [5.74, 6) is 4.54. The van der Waals surface area contributed by atoms with Gasteiger partial charge in [-0.15, -0.1) is 10.2 Å². The number of hydrogen-bond donors (Lipinski definition) is 2. The van der Waals surface area contributed by atoms with Crippen LogP contribution in [0.5, 0.6) is 5.75 Å². The molecule has 0 radical (unpaired) electrons. The summed E-state index contributed by atoms with van der Waals surface area (Å²) in [6.45, 7) is 3.66. The summed E-state index contributed by atoms with van der Waals surface area (Å²) in [5.41, 5.74) is 9.45. The molecule has 3 N–H and O–H groups in total. The van der Waals surface area contributed by atoms with Gasteiger partial charge >= 0.3 is 0 Å². The number of para-hydroxylation sites is 1. The van der Waals surface area contributed by atoms with Gasteiger partial charge < -0.3 is 20.6 Å². The Morgan fingerprint density at radius 2 is 1.81 bits per heavy atom. The number of nitrogens with zero attached hydrogens (tertiary/aromatic N) is 6. The second kappa shape index (κ2) is 10.4. The molecule has 1 spiro atoms. The Morgan fingerprint density at radius 3 is 2.57 bits per heavy atom. The SMILES string of the molecule is Nc1nnc(-c2ccccc2O)cc1N1CC2CCC(C1)N2c1ccnc(C#CCN2CCCC3(CC2)CC3(F)F)c1. The van der Waals surface area contributed by atoms with Gasteiger partial charge in [0.2, 0.25) is 0 Å². The zero-order chi connectivity index (χ0) is 28.9. The van der Waals surface area contributed by atoms with Crippen molar-refractivity contribution >= 4 is 17.2 Å². The van der Waals surface area contributed by atoms with Gasteiger partial charge in [-0.05, 0) is 81.4 Å². The molecule has 1 saturated carbocycles.